The molecule has 0 saturated carbocycles. The summed E-state index contributed by atoms with van der Waals surface area (Å²) >= 11 is 5.85. The molecule has 9 nitrogen and oxygen atoms in total. The summed E-state index contributed by atoms with van der Waals surface area (Å²) < 4.78 is 5.03. The van der Waals surface area contributed by atoms with Gasteiger partial charge in [-0.1, -0.05) is 11.6 Å². The third kappa shape index (κ3) is 2.79. The van der Waals surface area contributed by atoms with Crippen LogP contribution in [-0.2, 0) is 0 Å². The van der Waals surface area contributed by atoms with Gasteiger partial charge < -0.3 is 4.42 Å². The van der Waals surface area contributed by atoms with Crippen molar-refractivity contribution < 1.29 is 14.3 Å². The van der Waals surface area contributed by atoms with Gasteiger partial charge in [-0.2, -0.15) is 0 Å². The molecule has 0 unspecified atom stereocenters. The normalized spacial score (nSPS) is 10.7. The number of fused-ring (bicyclic) bond motifs is 1. The maximum absolute atomic E-state index is 12.0. The molecular formula is C14H6ClN3O6. The van der Waals surface area contributed by atoms with E-state index >= 15 is 0 Å². The number of nitro benzene ring substituents is 2. The van der Waals surface area contributed by atoms with Crippen LogP contribution >= 0.6 is 11.6 Å². The number of hydrogen-bond donors (Lipinski definition) is 0. The molecule has 3 rings (SSSR count). The first-order valence-corrected chi connectivity index (χ1v) is 6.77. The second-order valence-corrected chi connectivity index (χ2v) is 5.16. The van der Waals surface area contributed by atoms with Crippen molar-refractivity contribution in [3.8, 4) is 11.5 Å². The summed E-state index contributed by atoms with van der Waals surface area (Å²) in [6, 6.07) is 7.21. The van der Waals surface area contributed by atoms with Gasteiger partial charge in [-0.3, -0.25) is 20.2 Å². The molecule has 0 aliphatic carbocycles. The lowest BCUT2D eigenvalue weighted by molar-refractivity contribution is -0.394. The summed E-state index contributed by atoms with van der Waals surface area (Å²) in [5, 5.41) is 22.4. The van der Waals surface area contributed by atoms with Gasteiger partial charge in [0.2, 0.25) is 5.89 Å². The number of halogens is 1. The van der Waals surface area contributed by atoms with Gasteiger partial charge in [0.15, 0.2) is 0 Å². The van der Waals surface area contributed by atoms with Crippen molar-refractivity contribution in [2.45, 2.75) is 0 Å². The van der Waals surface area contributed by atoms with Crippen LogP contribution in [0.3, 0.4) is 0 Å². The van der Waals surface area contributed by atoms with Gasteiger partial charge in [0, 0.05) is 17.2 Å². The Labute approximate surface area is 137 Å². The van der Waals surface area contributed by atoms with Crippen molar-refractivity contribution in [2.75, 3.05) is 0 Å². The van der Waals surface area contributed by atoms with Crippen LogP contribution in [-0.4, -0.2) is 14.8 Å². The zero-order valence-electron chi connectivity index (χ0n) is 11.6. The van der Waals surface area contributed by atoms with Crippen molar-refractivity contribution in [2.24, 2.45) is 0 Å². The topological polar surface area (TPSA) is 129 Å². The summed E-state index contributed by atoms with van der Waals surface area (Å²) in [5.74, 6) is -0.276. The highest BCUT2D eigenvalue weighted by atomic mass is 35.5. The summed E-state index contributed by atoms with van der Waals surface area (Å²) in [5.41, 5.74) is -1.62. The van der Waals surface area contributed by atoms with Gasteiger partial charge in [-0.15, -0.1) is 0 Å². The fourth-order valence-corrected chi connectivity index (χ4v) is 2.26. The molecule has 0 atom stereocenters. The lowest BCUT2D eigenvalue weighted by Gasteiger charge is -2.02. The van der Waals surface area contributed by atoms with Crippen LogP contribution in [0, 0.1) is 20.2 Å². The summed E-state index contributed by atoms with van der Waals surface area (Å²) in [4.78, 5) is 36.4. The fraction of sp³-hybridized carbons (Fsp3) is 0. The highest BCUT2D eigenvalue weighted by Crippen LogP contribution is 2.29. The zero-order chi connectivity index (χ0) is 17.4. The summed E-state index contributed by atoms with van der Waals surface area (Å²) in [7, 11) is 0. The molecular weight excluding hydrogens is 342 g/mol. The molecule has 0 radical (unpaired) electrons. The SMILES string of the molecule is O=c1oc(-c2cc([N+](=O)[O-])cc([N+](=O)[O-])c2)nc2cc(Cl)ccc12. The minimum Gasteiger partial charge on any atom is -0.403 e. The van der Waals surface area contributed by atoms with E-state index in [0.29, 0.717) is 5.02 Å². The highest BCUT2D eigenvalue weighted by molar-refractivity contribution is 6.31. The number of nitrogens with zero attached hydrogens (tertiary/aromatic N) is 3. The van der Waals surface area contributed by atoms with Crippen LogP contribution < -0.4 is 5.63 Å². The lowest BCUT2D eigenvalue weighted by atomic mass is 10.1. The van der Waals surface area contributed by atoms with Gasteiger partial charge in [-0.05, 0) is 18.2 Å². The maximum Gasteiger partial charge on any atom is 0.347 e. The number of rotatable bonds is 3. The average molecular weight is 348 g/mol. The van der Waals surface area contributed by atoms with Gasteiger partial charge in [0.05, 0.1) is 32.4 Å². The molecule has 120 valence electrons. The van der Waals surface area contributed by atoms with Crippen molar-refractivity contribution in [1.82, 2.24) is 4.98 Å². The van der Waals surface area contributed by atoms with Crippen molar-refractivity contribution >= 4 is 33.9 Å². The third-order valence-electron chi connectivity index (χ3n) is 3.16. The van der Waals surface area contributed by atoms with E-state index in [0.717, 1.165) is 18.2 Å². The van der Waals surface area contributed by atoms with Crippen LogP contribution in [0.15, 0.2) is 45.6 Å². The van der Waals surface area contributed by atoms with E-state index in [9.17, 15) is 25.0 Å². The smallest absolute Gasteiger partial charge is 0.347 e. The molecule has 0 N–H and O–H groups in total. The Bertz CT molecular complexity index is 1030. The van der Waals surface area contributed by atoms with E-state index in [4.69, 9.17) is 16.0 Å². The third-order valence-corrected chi connectivity index (χ3v) is 3.40. The van der Waals surface area contributed by atoms with E-state index < -0.39 is 26.8 Å². The fourth-order valence-electron chi connectivity index (χ4n) is 2.10. The number of non-ortho nitro benzene ring substituents is 2. The lowest BCUT2D eigenvalue weighted by Crippen LogP contribution is -2.03. The summed E-state index contributed by atoms with van der Waals surface area (Å²) in [6.45, 7) is 0. The minimum absolute atomic E-state index is 0.0603. The number of nitro groups is 2. The Morgan fingerprint density at radius 1 is 1.00 bits per heavy atom. The zero-order valence-corrected chi connectivity index (χ0v) is 12.4. The molecule has 10 heteroatoms. The van der Waals surface area contributed by atoms with Crippen LogP contribution in [0.1, 0.15) is 0 Å². The second kappa shape index (κ2) is 5.70. The molecule has 0 saturated heterocycles. The van der Waals surface area contributed by atoms with Crippen LogP contribution in [0.25, 0.3) is 22.4 Å². The molecule has 0 fully saturated rings. The molecule has 0 aliphatic rings. The molecule has 1 heterocycles. The minimum atomic E-state index is -0.785. The van der Waals surface area contributed by atoms with Crippen molar-refractivity contribution in [1.29, 1.82) is 0 Å². The molecule has 0 amide bonds. The second-order valence-electron chi connectivity index (χ2n) is 4.72. The molecule has 0 aliphatic heterocycles. The van der Waals surface area contributed by atoms with E-state index in [1.807, 2.05) is 0 Å². The van der Waals surface area contributed by atoms with Crippen LogP contribution in [0.4, 0.5) is 11.4 Å². The predicted molar refractivity (Wildman–Crippen MR) is 84.0 cm³/mol. The van der Waals surface area contributed by atoms with Crippen LogP contribution in [0.5, 0.6) is 0 Å². The first-order chi connectivity index (χ1) is 11.3. The molecule has 0 bridgehead atoms. The van der Waals surface area contributed by atoms with E-state index in [1.54, 1.807) is 0 Å². The van der Waals surface area contributed by atoms with Gasteiger partial charge in [0.25, 0.3) is 11.4 Å². The summed E-state index contributed by atoms with van der Waals surface area (Å²) in [6.07, 6.45) is 0. The van der Waals surface area contributed by atoms with Gasteiger partial charge in [0.1, 0.15) is 0 Å². The van der Waals surface area contributed by atoms with E-state index in [2.05, 4.69) is 4.98 Å². The first-order valence-electron chi connectivity index (χ1n) is 6.40. The largest absolute Gasteiger partial charge is 0.403 e. The average Bonchev–Trinajstić information content (AvgIpc) is 2.53. The number of aromatic nitrogens is 1. The van der Waals surface area contributed by atoms with Gasteiger partial charge in [-0.25, -0.2) is 9.78 Å². The van der Waals surface area contributed by atoms with Gasteiger partial charge >= 0.3 is 5.63 Å². The Balaban J connectivity index is 2.28. The molecule has 0 spiro atoms. The molecule has 24 heavy (non-hydrogen) atoms. The quantitative estimate of drug-likeness (QED) is 0.524. The Morgan fingerprint density at radius 3 is 2.21 bits per heavy atom. The van der Waals surface area contributed by atoms with Crippen molar-refractivity contribution in [3.63, 3.8) is 0 Å². The predicted octanol–water partition coefficient (Wildman–Crippen LogP) is 3.32. The molecule has 3 aromatic rings. The Morgan fingerprint density at radius 2 is 1.62 bits per heavy atom. The standard InChI is InChI=1S/C14H6ClN3O6/c15-8-1-2-11-12(5-8)16-13(24-14(11)19)7-3-9(17(20)21)6-10(4-7)18(22)23/h1-6H. The highest BCUT2D eigenvalue weighted by Gasteiger charge is 2.19. The molecule has 2 aromatic carbocycles. The van der Waals surface area contributed by atoms with Crippen molar-refractivity contribution in [3.05, 3.63) is 72.1 Å². The maximum atomic E-state index is 12.0. The Hall–Kier alpha value is -3.33. The number of hydrogen-bond acceptors (Lipinski definition) is 7. The van der Waals surface area contributed by atoms with Crippen LogP contribution in [0.2, 0.25) is 5.02 Å². The monoisotopic (exact) mass is 347 g/mol. The first kappa shape index (κ1) is 15.6. The number of benzene rings is 2. The van der Waals surface area contributed by atoms with E-state index in [1.165, 1.54) is 18.2 Å². The Kier molecular flexibility index (Phi) is 3.70. The van der Waals surface area contributed by atoms with E-state index in [-0.39, 0.29) is 22.4 Å². The molecule has 1 aromatic heterocycles.